The fraction of sp³-hybridized carbons (Fsp3) is 0.207. The van der Waals surface area contributed by atoms with Gasteiger partial charge in [0, 0.05) is 11.3 Å². The summed E-state index contributed by atoms with van der Waals surface area (Å²) in [5.41, 5.74) is 3.81. The number of carbonyl (C=O) groups excluding carboxylic acids is 3. The zero-order chi connectivity index (χ0) is 24.4. The van der Waals surface area contributed by atoms with Crippen molar-refractivity contribution in [3.8, 4) is 5.75 Å². The number of nitrogens with one attached hydrogen (secondary N) is 1. The standard InChI is InChI=1S/C29H26N2O4/c1-19-7-16-25-26(17-19)29(34)31(28(25)33)23-12-8-21(9-13-23)27(32)30-22-10-14-24(15-11-22)35-18-20-5-3-2-4-6-20/h2-15,25-26H,16-18H2,1H3,(H,30,32)/t25-,26-/m1/s1. The molecule has 1 N–H and O–H groups in total. The molecule has 35 heavy (non-hydrogen) atoms. The highest BCUT2D eigenvalue weighted by Crippen LogP contribution is 2.39. The molecule has 0 spiro atoms. The van der Waals surface area contributed by atoms with Crippen molar-refractivity contribution in [3.63, 3.8) is 0 Å². The molecule has 1 heterocycles. The van der Waals surface area contributed by atoms with Crippen molar-refractivity contribution in [1.29, 1.82) is 0 Å². The van der Waals surface area contributed by atoms with Crippen LogP contribution in [0.5, 0.6) is 5.75 Å². The molecule has 1 aliphatic heterocycles. The highest BCUT2D eigenvalue weighted by molar-refractivity contribution is 6.22. The molecular formula is C29H26N2O4. The van der Waals surface area contributed by atoms with Crippen LogP contribution in [0.3, 0.4) is 0 Å². The molecule has 5 rings (SSSR count). The van der Waals surface area contributed by atoms with E-state index in [1.54, 1.807) is 36.4 Å². The second-order valence-electron chi connectivity index (χ2n) is 9.01. The van der Waals surface area contributed by atoms with Gasteiger partial charge < -0.3 is 10.1 Å². The molecule has 1 saturated heterocycles. The third-order valence-electron chi connectivity index (χ3n) is 6.57. The molecule has 6 nitrogen and oxygen atoms in total. The average molecular weight is 467 g/mol. The molecule has 0 saturated carbocycles. The maximum absolute atomic E-state index is 12.9. The second kappa shape index (κ2) is 9.58. The molecule has 2 aliphatic rings. The molecule has 3 amide bonds. The van der Waals surface area contributed by atoms with Crippen LogP contribution in [-0.4, -0.2) is 17.7 Å². The Bertz CT molecular complexity index is 1280. The molecule has 0 aromatic heterocycles. The minimum absolute atomic E-state index is 0.153. The van der Waals surface area contributed by atoms with Gasteiger partial charge in [-0.05, 0) is 73.9 Å². The van der Waals surface area contributed by atoms with Gasteiger partial charge in [0.05, 0.1) is 17.5 Å². The summed E-state index contributed by atoms with van der Waals surface area (Å²) in [7, 11) is 0. The topological polar surface area (TPSA) is 75.7 Å². The highest BCUT2D eigenvalue weighted by Gasteiger charge is 2.48. The summed E-state index contributed by atoms with van der Waals surface area (Å²) in [6, 6.07) is 23.7. The van der Waals surface area contributed by atoms with E-state index in [0.29, 0.717) is 42.1 Å². The van der Waals surface area contributed by atoms with E-state index >= 15 is 0 Å². The van der Waals surface area contributed by atoms with Crippen LogP contribution in [0.25, 0.3) is 0 Å². The maximum atomic E-state index is 12.9. The van der Waals surface area contributed by atoms with E-state index in [4.69, 9.17) is 4.74 Å². The summed E-state index contributed by atoms with van der Waals surface area (Å²) in [6.07, 6.45) is 3.28. The number of hydrogen-bond acceptors (Lipinski definition) is 4. The number of amides is 3. The third kappa shape index (κ3) is 4.73. The monoisotopic (exact) mass is 466 g/mol. The summed E-state index contributed by atoms with van der Waals surface area (Å²) in [4.78, 5) is 39.7. The number of anilines is 2. The van der Waals surface area contributed by atoms with Gasteiger partial charge in [0.2, 0.25) is 11.8 Å². The van der Waals surface area contributed by atoms with Gasteiger partial charge in [-0.25, -0.2) is 0 Å². The van der Waals surface area contributed by atoms with Crippen molar-refractivity contribution in [2.45, 2.75) is 26.4 Å². The van der Waals surface area contributed by atoms with E-state index in [2.05, 4.69) is 5.32 Å². The summed E-state index contributed by atoms with van der Waals surface area (Å²) in [6.45, 7) is 2.47. The second-order valence-corrected chi connectivity index (χ2v) is 9.01. The molecule has 1 aliphatic carbocycles. The largest absolute Gasteiger partial charge is 0.489 e. The Morgan fingerprint density at radius 1 is 0.914 bits per heavy atom. The lowest BCUT2D eigenvalue weighted by Crippen LogP contribution is -2.30. The molecule has 176 valence electrons. The van der Waals surface area contributed by atoms with Gasteiger partial charge in [-0.2, -0.15) is 0 Å². The number of carbonyl (C=O) groups is 3. The summed E-state index contributed by atoms with van der Waals surface area (Å²) in [5.74, 6) is -0.442. The lowest BCUT2D eigenvalue weighted by molar-refractivity contribution is -0.122. The number of ether oxygens (including phenoxy) is 1. The number of fused-ring (bicyclic) bond motifs is 1. The van der Waals surface area contributed by atoms with Gasteiger partial charge in [-0.3, -0.25) is 19.3 Å². The Labute approximate surface area is 204 Å². The molecule has 3 aromatic rings. The Hall–Kier alpha value is -4.19. The number of nitrogens with zero attached hydrogens (tertiary/aromatic N) is 1. The molecule has 6 heteroatoms. The van der Waals surface area contributed by atoms with Gasteiger partial charge >= 0.3 is 0 Å². The summed E-state index contributed by atoms with van der Waals surface area (Å²) in [5, 5.41) is 2.86. The zero-order valence-electron chi connectivity index (χ0n) is 19.4. The first-order chi connectivity index (χ1) is 17.0. The normalized spacial score (nSPS) is 19.2. The van der Waals surface area contributed by atoms with Gasteiger partial charge in [0.15, 0.2) is 0 Å². The number of rotatable bonds is 6. The predicted octanol–water partition coefficient (Wildman–Crippen LogP) is 5.36. The molecule has 3 aromatic carbocycles. The van der Waals surface area contributed by atoms with Crippen LogP contribution < -0.4 is 15.0 Å². The molecular weight excluding hydrogens is 440 g/mol. The van der Waals surface area contributed by atoms with E-state index in [1.165, 1.54) is 4.90 Å². The fourth-order valence-electron chi connectivity index (χ4n) is 4.63. The molecule has 0 bridgehead atoms. The number of hydrogen-bond donors (Lipinski definition) is 1. The van der Waals surface area contributed by atoms with Crippen molar-refractivity contribution < 1.29 is 19.1 Å². The van der Waals surface area contributed by atoms with Crippen LogP contribution in [0.1, 0.15) is 35.7 Å². The van der Waals surface area contributed by atoms with Gasteiger partial charge in [-0.15, -0.1) is 0 Å². The van der Waals surface area contributed by atoms with Crippen molar-refractivity contribution >= 4 is 29.1 Å². The fourth-order valence-corrected chi connectivity index (χ4v) is 4.63. The first kappa shape index (κ1) is 22.6. The molecule has 0 radical (unpaired) electrons. The van der Waals surface area contributed by atoms with Crippen molar-refractivity contribution in [3.05, 3.63) is 102 Å². The van der Waals surface area contributed by atoms with E-state index < -0.39 is 0 Å². The van der Waals surface area contributed by atoms with Gasteiger partial charge in [0.1, 0.15) is 12.4 Å². The van der Waals surface area contributed by atoms with E-state index in [1.807, 2.05) is 55.5 Å². The van der Waals surface area contributed by atoms with Crippen molar-refractivity contribution in [2.24, 2.45) is 11.8 Å². The number of imide groups is 1. The smallest absolute Gasteiger partial charge is 0.255 e. The van der Waals surface area contributed by atoms with Crippen molar-refractivity contribution in [1.82, 2.24) is 0 Å². The summed E-state index contributed by atoms with van der Waals surface area (Å²) >= 11 is 0. The SMILES string of the molecule is CC1=CC[C@H]2C(=O)N(c3ccc(C(=O)Nc4ccc(OCc5ccccc5)cc4)cc3)C(=O)[C@@H]2C1. The Morgan fingerprint density at radius 2 is 1.60 bits per heavy atom. The Morgan fingerprint density at radius 3 is 2.31 bits per heavy atom. The van der Waals surface area contributed by atoms with E-state index in [0.717, 1.165) is 11.1 Å². The van der Waals surface area contributed by atoms with E-state index in [-0.39, 0.29) is 29.6 Å². The zero-order valence-corrected chi connectivity index (χ0v) is 19.4. The first-order valence-electron chi connectivity index (χ1n) is 11.7. The van der Waals surface area contributed by atoms with Gasteiger partial charge in [0.25, 0.3) is 5.91 Å². The minimum Gasteiger partial charge on any atom is -0.489 e. The molecule has 1 fully saturated rings. The number of allylic oxidation sites excluding steroid dienone is 2. The predicted molar refractivity (Wildman–Crippen MR) is 134 cm³/mol. The maximum Gasteiger partial charge on any atom is 0.255 e. The van der Waals surface area contributed by atoms with Crippen LogP contribution in [0.4, 0.5) is 11.4 Å². The van der Waals surface area contributed by atoms with Crippen LogP contribution in [0.15, 0.2) is 90.5 Å². The van der Waals surface area contributed by atoms with Crippen LogP contribution in [0.2, 0.25) is 0 Å². The first-order valence-corrected chi connectivity index (χ1v) is 11.7. The Balaban J connectivity index is 1.20. The lowest BCUT2D eigenvalue weighted by Gasteiger charge is -2.18. The lowest BCUT2D eigenvalue weighted by atomic mass is 9.82. The molecule has 2 atom stereocenters. The Kier molecular flexibility index (Phi) is 6.19. The van der Waals surface area contributed by atoms with Gasteiger partial charge in [-0.1, -0.05) is 42.0 Å². The minimum atomic E-state index is -0.284. The summed E-state index contributed by atoms with van der Waals surface area (Å²) < 4.78 is 5.78. The van der Waals surface area contributed by atoms with Crippen LogP contribution in [0, 0.1) is 11.8 Å². The van der Waals surface area contributed by atoms with Crippen LogP contribution in [-0.2, 0) is 16.2 Å². The quantitative estimate of drug-likeness (QED) is 0.392. The van der Waals surface area contributed by atoms with Crippen molar-refractivity contribution in [2.75, 3.05) is 10.2 Å². The highest BCUT2D eigenvalue weighted by atomic mass is 16.5. The van der Waals surface area contributed by atoms with E-state index in [9.17, 15) is 14.4 Å². The molecule has 0 unspecified atom stereocenters. The third-order valence-corrected chi connectivity index (χ3v) is 6.57. The number of benzene rings is 3. The average Bonchev–Trinajstić information content (AvgIpc) is 3.13. The van der Waals surface area contributed by atoms with Crippen LogP contribution >= 0.6 is 0 Å².